The van der Waals surface area contributed by atoms with Gasteiger partial charge in [-0.25, -0.2) is 13.6 Å². The van der Waals surface area contributed by atoms with E-state index in [4.69, 9.17) is 0 Å². The Morgan fingerprint density at radius 2 is 1.79 bits per heavy atom. The average molecular weight is 450 g/mol. The summed E-state index contributed by atoms with van der Waals surface area (Å²) in [7, 11) is 1.66. The fourth-order valence-corrected chi connectivity index (χ4v) is 3.96. The first-order chi connectivity index (χ1) is 15.9. The van der Waals surface area contributed by atoms with Gasteiger partial charge in [-0.05, 0) is 60.4 Å². The molecule has 6 nitrogen and oxygen atoms in total. The van der Waals surface area contributed by atoms with Crippen LogP contribution < -0.4 is 5.32 Å². The van der Waals surface area contributed by atoms with Gasteiger partial charge in [0.25, 0.3) is 5.91 Å². The van der Waals surface area contributed by atoms with Crippen LogP contribution in [0.4, 0.5) is 19.3 Å². The second kappa shape index (κ2) is 9.77. The number of nitrogens with one attached hydrogen (secondary N) is 1. The van der Waals surface area contributed by atoms with E-state index in [1.807, 2.05) is 0 Å². The summed E-state index contributed by atoms with van der Waals surface area (Å²) in [6.07, 6.45) is 4.41. The number of benzene rings is 2. The van der Waals surface area contributed by atoms with Crippen LogP contribution in [-0.4, -0.2) is 52.9 Å². The van der Waals surface area contributed by atoms with Crippen molar-refractivity contribution in [1.82, 2.24) is 14.8 Å². The highest BCUT2D eigenvalue weighted by Gasteiger charge is 2.28. The number of urea groups is 1. The van der Waals surface area contributed by atoms with Crippen LogP contribution in [0, 0.1) is 11.6 Å². The van der Waals surface area contributed by atoms with Crippen molar-refractivity contribution in [3.05, 3.63) is 84.2 Å². The Labute approximate surface area is 190 Å². The van der Waals surface area contributed by atoms with Gasteiger partial charge in [-0.2, -0.15) is 0 Å². The molecule has 0 atom stereocenters. The number of rotatable bonds is 4. The molecule has 3 aromatic rings. The minimum atomic E-state index is -0.601. The number of aromatic nitrogens is 1. The summed E-state index contributed by atoms with van der Waals surface area (Å²) in [4.78, 5) is 32.6. The van der Waals surface area contributed by atoms with Gasteiger partial charge in [0.15, 0.2) is 0 Å². The lowest BCUT2D eigenvalue weighted by Crippen LogP contribution is -2.48. The van der Waals surface area contributed by atoms with E-state index in [1.54, 1.807) is 59.6 Å². The minimum absolute atomic E-state index is 0.0520. The molecule has 3 amide bonds. The molecule has 0 radical (unpaired) electrons. The highest BCUT2D eigenvalue weighted by Crippen LogP contribution is 2.26. The van der Waals surface area contributed by atoms with E-state index in [0.29, 0.717) is 42.6 Å². The van der Waals surface area contributed by atoms with E-state index < -0.39 is 17.7 Å². The number of pyridine rings is 1. The summed E-state index contributed by atoms with van der Waals surface area (Å²) >= 11 is 0. The highest BCUT2D eigenvalue weighted by molar-refractivity contribution is 5.94. The summed E-state index contributed by atoms with van der Waals surface area (Å²) in [6, 6.07) is 13.2. The molecule has 0 saturated carbocycles. The third-order valence-corrected chi connectivity index (χ3v) is 5.90. The molecule has 1 aliphatic rings. The van der Waals surface area contributed by atoms with Crippen LogP contribution in [0.1, 0.15) is 23.2 Å². The van der Waals surface area contributed by atoms with Gasteiger partial charge in [-0.3, -0.25) is 9.78 Å². The second-order valence-electron chi connectivity index (χ2n) is 8.01. The van der Waals surface area contributed by atoms with Crippen LogP contribution in [0.25, 0.3) is 11.1 Å². The third-order valence-electron chi connectivity index (χ3n) is 5.90. The van der Waals surface area contributed by atoms with Crippen molar-refractivity contribution in [2.75, 3.05) is 25.5 Å². The molecule has 33 heavy (non-hydrogen) atoms. The number of halogens is 2. The van der Waals surface area contributed by atoms with E-state index >= 15 is 0 Å². The number of nitrogens with zero attached hydrogens (tertiary/aromatic N) is 3. The maximum atomic E-state index is 14.6. The predicted octanol–water partition coefficient (Wildman–Crippen LogP) is 4.80. The Hall–Kier alpha value is -3.81. The molecule has 170 valence electrons. The second-order valence-corrected chi connectivity index (χ2v) is 8.01. The normalized spacial score (nSPS) is 14.1. The van der Waals surface area contributed by atoms with Crippen molar-refractivity contribution in [2.24, 2.45) is 0 Å². The average Bonchev–Trinajstić information content (AvgIpc) is 2.85. The summed E-state index contributed by atoms with van der Waals surface area (Å²) in [5.41, 5.74) is 1.66. The van der Waals surface area contributed by atoms with Crippen molar-refractivity contribution in [3.8, 4) is 11.1 Å². The van der Waals surface area contributed by atoms with Crippen molar-refractivity contribution in [2.45, 2.75) is 18.9 Å². The Bertz CT molecular complexity index is 1150. The first kappa shape index (κ1) is 22.4. The molecule has 0 unspecified atom stereocenters. The van der Waals surface area contributed by atoms with E-state index in [2.05, 4.69) is 10.3 Å². The van der Waals surface area contributed by atoms with Crippen LogP contribution in [0.3, 0.4) is 0 Å². The first-order valence-corrected chi connectivity index (χ1v) is 10.7. The van der Waals surface area contributed by atoms with Gasteiger partial charge in [0.1, 0.15) is 11.6 Å². The van der Waals surface area contributed by atoms with E-state index in [0.717, 1.165) is 0 Å². The van der Waals surface area contributed by atoms with Gasteiger partial charge >= 0.3 is 6.03 Å². The molecule has 4 rings (SSSR count). The maximum absolute atomic E-state index is 14.6. The van der Waals surface area contributed by atoms with Gasteiger partial charge in [0.2, 0.25) is 0 Å². The van der Waals surface area contributed by atoms with Gasteiger partial charge in [0.05, 0.1) is 11.3 Å². The van der Waals surface area contributed by atoms with Gasteiger partial charge in [0, 0.05) is 38.6 Å². The first-order valence-electron chi connectivity index (χ1n) is 10.7. The van der Waals surface area contributed by atoms with Crippen molar-refractivity contribution in [3.63, 3.8) is 0 Å². The number of piperidine rings is 1. The molecule has 0 bridgehead atoms. The Morgan fingerprint density at radius 3 is 2.45 bits per heavy atom. The minimum Gasteiger partial charge on any atom is -0.338 e. The molecular formula is C25H24F2N4O2. The molecule has 0 aliphatic carbocycles. The fourth-order valence-electron chi connectivity index (χ4n) is 3.96. The lowest BCUT2D eigenvalue weighted by atomic mass is 10.0. The Morgan fingerprint density at radius 1 is 1.03 bits per heavy atom. The molecule has 1 fully saturated rings. The lowest BCUT2D eigenvalue weighted by molar-refractivity contribution is 0.0671. The summed E-state index contributed by atoms with van der Waals surface area (Å²) in [5.74, 6) is -1.08. The summed E-state index contributed by atoms with van der Waals surface area (Å²) in [5, 5.41) is 2.61. The number of carbonyl (C=O) groups is 2. The number of carbonyl (C=O) groups excluding carboxylic acids is 2. The molecule has 2 aromatic carbocycles. The van der Waals surface area contributed by atoms with E-state index in [-0.39, 0.29) is 17.6 Å². The highest BCUT2D eigenvalue weighted by atomic mass is 19.1. The topological polar surface area (TPSA) is 65.5 Å². The van der Waals surface area contributed by atoms with Gasteiger partial charge in [-0.15, -0.1) is 0 Å². The van der Waals surface area contributed by atoms with Crippen LogP contribution in [0.15, 0.2) is 67.0 Å². The molecule has 1 N–H and O–H groups in total. The van der Waals surface area contributed by atoms with Crippen molar-refractivity contribution in [1.29, 1.82) is 0 Å². The van der Waals surface area contributed by atoms with E-state index in [9.17, 15) is 18.4 Å². The molecule has 8 heteroatoms. The molecular weight excluding hydrogens is 426 g/mol. The predicted molar refractivity (Wildman–Crippen MR) is 122 cm³/mol. The largest absolute Gasteiger partial charge is 0.338 e. The molecule has 2 heterocycles. The summed E-state index contributed by atoms with van der Waals surface area (Å²) < 4.78 is 28.1. The number of hydrogen-bond donors (Lipinski definition) is 1. The fraction of sp³-hybridized carbons (Fsp3) is 0.240. The zero-order chi connectivity index (χ0) is 23.4. The smallest absolute Gasteiger partial charge is 0.321 e. The standard InChI is InChI=1S/C25H24F2N4O2/c1-30(21-9-12-31(13-10-21)24(32)19-5-3-11-28-16-19)25(33)29-23-8-7-18(15-22(23)27)17-4-2-6-20(26)14-17/h2-8,11,14-16,21H,9-10,12-13H2,1H3,(H,29,33). The molecule has 0 spiro atoms. The molecule has 1 aromatic heterocycles. The molecule has 1 saturated heterocycles. The monoisotopic (exact) mass is 450 g/mol. The number of hydrogen-bond acceptors (Lipinski definition) is 3. The number of anilines is 1. The van der Waals surface area contributed by atoms with Crippen LogP contribution in [0.5, 0.6) is 0 Å². The third kappa shape index (κ3) is 5.16. The SMILES string of the molecule is CN(C(=O)Nc1ccc(-c2cccc(F)c2)cc1F)C1CCN(C(=O)c2cccnc2)CC1. The number of likely N-dealkylation sites (tertiary alicyclic amines) is 1. The lowest BCUT2D eigenvalue weighted by Gasteiger charge is -2.36. The van der Waals surface area contributed by atoms with Gasteiger partial charge in [-0.1, -0.05) is 18.2 Å². The van der Waals surface area contributed by atoms with Gasteiger partial charge < -0.3 is 15.1 Å². The van der Waals surface area contributed by atoms with Crippen LogP contribution >= 0.6 is 0 Å². The summed E-state index contributed by atoms with van der Waals surface area (Å²) in [6.45, 7) is 1.04. The quantitative estimate of drug-likeness (QED) is 0.621. The van der Waals surface area contributed by atoms with Crippen LogP contribution in [0.2, 0.25) is 0 Å². The maximum Gasteiger partial charge on any atom is 0.321 e. The van der Waals surface area contributed by atoms with Crippen molar-refractivity contribution < 1.29 is 18.4 Å². The Balaban J connectivity index is 1.35. The zero-order valence-electron chi connectivity index (χ0n) is 18.2. The molecule has 1 aliphatic heterocycles. The van der Waals surface area contributed by atoms with Crippen LogP contribution in [-0.2, 0) is 0 Å². The zero-order valence-corrected chi connectivity index (χ0v) is 18.2. The van der Waals surface area contributed by atoms with Crippen molar-refractivity contribution >= 4 is 17.6 Å². The number of amides is 3. The van der Waals surface area contributed by atoms with E-state index in [1.165, 1.54) is 24.3 Å². The Kier molecular flexibility index (Phi) is 6.63.